The van der Waals surface area contributed by atoms with Gasteiger partial charge in [0.05, 0.1) is 14.2 Å². The second-order valence-corrected chi connectivity index (χ2v) is 3.36. The lowest BCUT2D eigenvalue weighted by Crippen LogP contribution is -2.13. The van der Waals surface area contributed by atoms with Crippen LogP contribution in [0.15, 0.2) is 18.2 Å². The van der Waals surface area contributed by atoms with Crippen molar-refractivity contribution in [1.82, 2.24) is 0 Å². The number of ether oxygens (including phenoxy) is 2. The van der Waals surface area contributed by atoms with Crippen molar-refractivity contribution in [3.63, 3.8) is 0 Å². The summed E-state index contributed by atoms with van der Waals surface area (Å²) in [6.45, 7) is 0. The Hall–Kier alpha value is -1.75. The summed E-state index contributed by atoms with van der Waals surface area (Å²) in [6.07, 6.45) is 0. The Bertz CT molecular complexity index is 433. The molecule has 17 heavy (non-hydrogen) atoms. The molecule has 6 heteroatoms. The molecule has 0 radical (unpaired) electrons. The predicted octanol–water partition coefficient (Wildman–Crippen LogP) is 1.66. The highest BCUT2D eigenvalue weighted by atomic mass is 35.5. The molecular weight excluding hydrogens is 246 g/mol. The third-order valence-electron chi connectivity index (χ3n) is 2.01. The van der Waals surface area contributed by atoms with Crippen LogP contribution in [0.4, 0.5) is 5.69 Å². The zero-order valence-electron chi connectivity index (χ0n) is 9.45. The number of halogens is 1. The number of alkyl halides is 1. The molecule has 0 bridgehead atoms. The number of methoxy groups -OCH3 is 2. The topological polar surface area (TPSA) is 64.6 Å². The molecular formula is C11H12ClNO4. The minimum absolute atomic E-state index is 0.138. The fourth-order valence-electron chi connectivity index (χ4n) is 1.24. The van der Waals surface area contributed by atoms with E-state index in [9.17, 15) is 9.59 Å². The first kappa shape index (κ1) is 13.3. The summed E-state index contributed by atoms with van der Waals surface area (Å²) in [5, 5.41) is 2.55. The van der Waals surface area contributed by atoms with E-state index in [4.69, 9.17) is 16.3 Å². The van der Waals surface area contributed by atoms with E-state index >= 15 is 0 Å². The number of carbonyl (C=O) groups is 2. The minimum Gasteiger partial charge on any atom is -0.496 e. The highest BCUT2D eigenvalue weighted by molar-refractivity contribution is 6.29. The highest BCUT2D eigenvalue weighted by Crippen LogP contribution is 2.23. The van der Waals surface area contributed by atoms with Crippen molar-refractivity contribution in [2.24, 2.45) is 0 Å². The minimum atomic E-state index is -0.503. The van der Waals surface area contributed by atoms with Gasteiger partial charge in [-0.2, -0.15) is 0 Å². The molecule has 1 amide bonds. The summed E-state index contributed by atoms with van der Waals surface area (Å²) in [6, 6.07) is 4.60. The Morgan fingerprint density at radius 2 is 2.06 bits per heavy atom. The third kappa shape index (κ3) is 3.35. The highest BCUT2D eigenvalue weighted by Gasteiger charge is 2.13. The molecule has 1 aromatic carbocycles. The fraction of sp³-hybridized carbons (Fsp3) is 0.273. The number of esters is 1. The number of rotatable bonds is 4. The molecule has 0 heterocycles. The van der Waals surface area contributed by atoms with Crippen LogP contribution in [0.2, 0.25) is 0 Å². The molecule has 0 saturated carbocycles. The van der Waals surface area contributed by atoms with E-state index in [0.29, 0.717) is 17.0 Å². The first-order valence-corrected chi connectivity index (χ1v) is 5.28. The van der Waals surface area contributed by atoms with Crippen LogP contribution in [0.5, 0.6) is 5.75 Å². The monoisotopic (exact) mass is 257 g/mol. The molecule has 0 aliphatic heterocycles. The van der Waals surface area contributed by atoms with Gasteiger partial charge < -0.3 is 14.8 Å². The SMILES string of the molecule is COC(=O)c1ccc(NC(=O)CCl)cc1OC. The molecule has 0 aliphatic carbocycles. The molecule has 1 aromatic rings. The zero-order valence-corrected chi connectivity index (χ0v) is 10.2. The van der Waals surface area contributed by atoms with Gasteiger partial charge >= 0.3 is 5.97 Å². The fourth-order valence-corrected chi connectivity index (χ4v) is 1.31. The molecule has 0 saturated heterocycles. The molecule has 0 fully saturated rings. The lowest BCUT2D eigenvalue weighted by molar-refractivity contribution is -0.113. The van der Waals surface area contributed by atoms with Gasteiger partial charge in [0.2, 0.25) is 5.91 Å². The average molecular weight is 258 g/mol. The van der Waals surface area contributed by atoms with Gasteiger partial charge in [-0.25, -0.2) is 4.79 Å². The van der Waals surface area contributed by atoms with Gasteiger partial charge in [0.1, 0.15) is 17.2 Å². The summed E-state index contributed by atoms with van der Waals surface area (Å²) >= 11 is 5.36. The van der Waals surface area contributed by atoms with Crippen LogP contribution in [0.1, 0.15) is 10.4 Å². The molecule has 92 valence electrons. The maximum absolute atomic E-state index is 11.4. The molecule has 0 atom stereocenters. The quantitative estimate of drug-likeness (QED) is 0.658. The summed E-state index contributed by atoms with van der Waals surface area (Å²) in [5.41, 5.74) is 0.791. The summed E-state index contributed by atoms with van der Waals surface area (Å²) < 4.78 is 9.63. The molecule has 0 aromatic heterocycles. The van der Waals surface area contributed by atoms with E-state index in [-0.39, 0.29) is 11.8 Å². The van der Waals surface area contributed by atoms with E-state index in [0.717, 1.165) is 0 Å². The van der Waals surface area contributed by atoms with Gasteiger partial charge in [0, 0.05) is 11.8 Å². The van der Waals surface area contributed by atoms with Gasteiger partial charge in [-0.15, -0.1) is 11.6 Å². The first-order chi connectivity index (χ1) is 8.12. The van der Waals surface area contributed by atoms with E-state index in [1.807, 2.05) is 0 Å². The smallest absolute Gasteiger partial charge is 0.341 e. The number of carbonyl (C=O) groups excluding carboxylic acids is 2. The van der Waals surface area contributed by atoms with Crippen molar-refractivity contribution in [3.8, 4) is 5.75 Å². The second kappa shape index (κ2) is 6.10. The Morgan fingerprint density at radius 3 is 2.59 bits per heavy atom. The first-order valence-electron chi connectivity index (χ1n) is 4.74. The summed E-state index contributed by atoms with van der Waals surface area (Å²) in [4.78, 5) is 22.5. The molecule has 0 aliphatic rings. The van der Waals surface area contributed by atoms with Crippen molar-refractivity contribution >= 4 is 29.2 Å². The van der Waals surface area contributed by atoms with Crippen LogP contribution in [-0.4, -0.2) is 32.0 Å². The number of amides is 1. The van der Waals surface area contributed by atoms with Crippen molar-refractivity contribution in [3.05, 3.63) is 23.8 Å². The van der Waals surface area contributed by atoms with Crippen molar-refractivity contribution < 1.29 is 19.1 Å². The number of hydrogen-bond donors (Lipinski definition) is 1. The normalized spacial score (nSPS) is 9.59. The van der Waals surface area contributed by atoms with Crippen molar-refractivity contribution in [1.29, 1.82) is 0 Å². The summed E-state index contributed by atoms with van der Waals surface area (Å²) in [7, 11) is 2.71. The van der Waals surface area contributed by atoms with Crippen LogP contribution in [0.3, 0.4) is 0 Å². The van der Waals surface area contributed by atoms with E-state index in [1.165, 1.54) is 26.4 Å². The van der Waals surface area contributed by atoms with Crippen LogP contribution < -0.4 is 10.1 Å². The Labute approximate surface area is 104 Å². The van der Waals surface area contributed by atoms with Crippen LogP contribution in [-0.2, 0) is 9.53 Å². The Balaban J connectivity index is 3.00. The third-order valence-corrected chi connectivity index (χ3v) is 2.25. The number of anilines is 1. The zero-order chi connectivity index (χ0) is 12.8. The van der Waals surface area contributed by atoms with Crippen molar-refractivity contribution in [2.75, 3.05) is 25.4 Å². The van der Waals surface area contributed by atoms with Crippen LogP contribution >= 0.6 is 11.6 Å². The molecule has 0 spiro atoms. The average Bonchev–Trinajstić information content (AvgIpc) is 2.37. The maximum Gasteiger partial charge on any atom is 0.341 e. The van der Waals surface area contributed by atoms with E-state index < -0.39 is 5.97 Å². The Morgan fingerprint density at radius 1 is 1.35 bits per heavy atom. The number of nitrogens with one attached hydrogen (secondary N) is 1. The second-order valence-electron chi connectivity index (χ2n) is 3.09. The summed E-state index contributed by atoms with van der Waals surface area (Å²) in [5.74, 6) is -0.651. The predicted molar refractivity (Wildman–Crippen MR) is 63.7 cm³/mol. The van der Waals surface area contributed by atoms with Crippen LogP contribution in [0.25, 0.3) is 0 Å². The van der Waals surface area contributed by atoms with Gasteiger partial charge in [0.15, 0.2) is 0 Å². The van der Waals surface area contributed by atoms with Gasteiger partial charge in [-0.3, -0.25) is 4.79 Å². The van der Waals surface area contributed by atoms with Crippen LogP contribution in [0, 0.1) is 0 Å². The maximum atomic E-state index is 11.4. The van der Waals surface area contributed by atoms with Gasteiger partial charge in [-0.1, -0.05) is 0 Å². The molecule has 1 N–H and O–H groups in total. The number of benzene rings is 1. The molecule has 5 nitrogen and oxygen atoms in total. The largest absolute Gasteiger partial charge is 0.496 e. The van der Waals surface area contributed by atoms with E-state index in [1.54, 1.807) is 6.07 Å². The lowest BCUT2D eigenvalue weighted by atomic mass is 10.2. The van der Waals surface area contributed by atoms with Gasteiger partial charge in [0.25, 0.3) is 0 Å². The van der Waals surface area contributed by atoms with Gasteiger partial charge in [-0.05, 0) is 12.1 Å². The van der Waals surface area contributed by atoms with E-state index in [2.05, 4.69) is 10.1 Å². The lowest BCUT2D eigenvalue weighted by Gasteiger charge is -2.09. The standard InChI is InChI=1S/C11H12ClNO4/c1-16-9-5-7(13-10(14)6-12)3-4-8(9)11(15)17-2/h3-5H,6H2,1-2H3,(H,13,14). The number of hydrogen-bond acceptors (Lipinski definition) is 4. The molecule has 1 rings (SSSR count). The van der Waals surface area contributed by atoms with Crippen molar-refractivity contribution in [2.45, 2.75) is 0 Å². The molecule has 0 unspecified atom stereocenters. The Kier molecular flexibility index (Phi) is 4.78.